The molecule has 0 saturated carbocycles. The van der Waals surface area contributed by atoms with Crippen LogP contribution in [0, 0.1) is 25.2 Å². The number of nitriles is 1. The van der Waals surface area contributed by atoms with E-state index in [1.54, 1.807) is 48.5 Å². The molecule has 5 rings (SSSR count). The van der Waals surface area contributed by atoms with Gasteiger partial charge in [0.25, 0.3) is 11.8 Å². The third kappa shape index (κ3) is 3.70. The first-order chi connectivity index (χ1) is 17.5. The highest BCUT2D eigenvalue weighted by molar-refractivity contribution is 6.29. The number of aliphatic imine (C=N–C) groups is 1. The van der Waals surface area contributed by atoms with Crippen molar-refractivity contribution in [1.29, 1.82) is 5.26 Å². The number of aryl methyl sites for hydroxylation is 2. The van der Waals surface area contributed by atoms with E-state index in [1.807, 2.05) is 68.4 Å². The van der Waals surface area contributed by atoms with Gasteiger partial charge in [0.05, 0.1) is 11.4 Å². The highest BCUT2D eigenvalue weighted by atomic mass is 16.2. The molecule has 5 nitrogen and oxygen atoms in total. The van der Waals surface area contributed by atoms with Crippen LogP contribution < -0.4 is 4.90 Å². The molecular formula is C31H23N3O2. The van der Waals surface area contributed by atoms with Gasteiger partial charge in [-0.05, 0) is 49.7 Å². The molecule has 0 N–H and O–H groups in total. The summed E-state index contributed by atoms with van der Waals surface area (Å²) in [5.74, 6) is -0.819. The quantitative estimate of drug-likeness (QED) is 0.369. The maximum Gasteiger partial charge on any atom is 0.277 e. The number of carbonyl (C=O) groups excluding carboxylic acids is 2. The first-order valence-electron chi connectivity index (χ1n) is 11.6. The lowest BCUT2D eigenvalue weighted by atomic mass is 9.84. The normalized spacial score (nSPS) is 17.5. The summed E-state index contributed by atoms with van der Waals surface area (Å²) in [5.41, 5.74) is 3.16. The van der Waals surface area contributed by atoms with Gasteiger partial charge in [0.15, 0.2) is 0 Å². The molecular weight excluding hydrogens is 446 g/mol. The molecule has 0 fully saturated rings. The summed E-state index contributed by atoms with van der Waals surface area (Å²) in [4.78, 5) is 33.4. The molecule has 0 aromatic heterocycles. The van der Waals surface area contributed by atoms with Crippen LogP contribution in [0.4, 0.5) is 5.69 Å². The Morgan fingerprint density at radius 2 is 1.31 bits per heavy atom. The summed E-state index contributed by atoms with van der Waals surface area (Å²) in [6, 6.07) is 33.0. The molecule has 1 heterocycles. The van der Waals surface area contributed by atoms with E-state index in [2.05, 4.69) is 11.1 Å². The SMILES string of the molecule is Cc1ccc(C(=O)N=C2c3ccccc3N(C(=O)c3ccc(C)cc3)C2(C#N)c2ccccc2)cc1. The lowest BCUT2D eigenvalue weighted by Gasteiger charge is -2.33. The number of anilines is 1. The zero-order chi connectivity index (χ0) is 25.3. The predicted molar refractivity (Wildman–Crippen MR) is 140 cm³/mol. The van der Waals surface area contributed by atoms with Gasteiger partial charge < -0.3 is 0 Å². The Morgan fingerprint density at radius 3 is 1.92 bits per heavy atom. The number of hydrogen-bond acceptors (Lipinski definition) is 3. The number of rotatable bonds is 3. The van der Waals surface area contributed by atoms with Crippen LogP contribution in [0.3, 0.4) is 0 Å². The highest BCUT2D eigenvalue weighted by Gasteiger charge is 2.54. The van der Waals surface area contributed by atoms with E-state index in [0.717, 1.165) is 11.1 Å². The van der Waals surface area contributed by atoms with Crippen LogP contribution in [0.5, 0.6) is 0 Å². The number of para-hydroxylation sites is 1. The topological polar surface area (TPSA) is 73.5 Å². The summed E-state index contributed by atoms with van der Waals surface area (Å²) >= 11 is 0. The molecule has 0 saturated heterocycles. The monoisotopic (exact) mass is 469 g/mol. The molecule has 0 bridgehead atoms. The van der Waals surface area contributed by atoms with Crippen molar-refractivity contribution in [3.05, 3.63) is 137 Å². The van der Waals surface area contributed by atoms with E-state index >= 15 is 0 Å². The van der Waals surface area contributed by atoms with Gasteiger partial charge in [0.2, 0.25) is 5.54 Å². The molecule has 4 aromatic carbocycles. The number of fused-ring (bicyclic) bond motifs is 1. The molecule has 0 radical (unpaired) electrons. The Hall–Kier alpha value is -4.82. The fourth-order valence-corrected chi connectivity index (χ4v) is 4.55. The van der Waals surface area contributed by atoms with E-state index in [9.17, 15) is 14.9 Å². The van der Waals surface area contributed by atoms with Crippen LogP contribution in [0.25, 0.3) is 0 Å². The van der Waals surface area contributed by atoms with Crippen LogP contribution in [-0.2, 0) is 5.54 Å². The Labute approximate surface area is 210 Å². The zero-order valence-corrected chi connectivity index (χ0v) is 20.0. The molecule has 36 heavy (non-hydrogen) atoms. The van der Waals surface area contributed by atoms with Crippen LogP contribution in [0.15, 0.2) is 108 Å². The lowest BCUT2D eigenvalue weighted by Crippen LogP contribution is -2.50. The fraction of sp³-hybridized carbons (Fsp3) is 0.0968. The number of hydrogen-bond donors (Lipinski definition) is 0. The van der Waals surface area contributed by atoms with Gasteiger partial charge >= 0.3 is 0 Å². The van der Waals surface area contributed by atoms with Gasteiger partial charge in [0.1, 0.15) is 6.07 Å². The molecule has 1 aliphatic heterocycles. The van der Waals surface area contributed by atoms with Crippen LogP contribution in [0.2, 0.25) is 0 Å². The average Bonchev–Trinajstić information content (AvgIpc) is 3.19. The van der Waals surface area contributed by atoms with Crippen molar-refractivity contribution in [3.8, 4) is 6.07 Å². The van der Waals surface area contributed by atoms with E-state index in [1.165, 1.54) is 4.90 Å². The van der Waals surface area contributed by atoms with Crippen molar-refractivity contribution < 1.29 is 9.59 Å². The summed E-state index contributed by atoms with van der Waals surface area (Å²) in [6.45, 7) is 3.89. The summed E-state index contributed by atoms with van der Waals surface area (Å²) < 4.78 is 0. The third-order valence-electron chi connectivity index (χ3n) is 6.45. The number of benzene rings is 4. The number of amides is 2. The minimum Gasteiger partial charge on any atom is -0.279 e. The van der Waals surface area contributed by atoms with Gasteiger partial charge in [-0.25, -0.2) is 4.99 Å². The molecule has 1 aliphatic rings. The summed E-state index contributed by atoms with van der Waals surface area (Å²) in [5, 5.41) is 10.8. The maximum absolute atomic E-state index is 14.0. The Bertz CT molecular complexity index is 1530. The minimum atomic E-state index is -1.63. The first-order valence-corrected chi connectivity index (χ1v) is 11.6. The van der Waals surface area contributed by atoms with Crippen molar-refractivity contribution in [2.75, 3.05) is 4.90 Å². The van der Waals surface area contributed by atoms with E-state index in [0.29, 0.717) is 27.9 Å². The van der Waals surface area contributed by atoms with Crippen LogP contribution in [0.1, 0.15) is 43.0 Å². The van der Waals surface area contributed by atoms with E-state index in [4.69, 9.17) is 0 Å². The van der Waals surface area contributed by atoms with Gasteiger partial charge in [-0.15, -0.1) is 0 Å². The number of nitrogens with zero attached hydrogens (tertiary/aromatic N) is 3. The molecule has 4 aromatic rings. The van der Waals surface area contributed by atoms with Gasteiger partial charge in [-0.2, -0.15) is 5.26 Å². The molecule has 0 aliphatic carbocycles. The largest absolute Gasteiger partial charge is 0.279 e. The van der Waals surface area contributed by atoms with Crippen molar-refractivity contribution in [2.45, 2.75) is 19.4 Å². The molecule has 2 amide bonds. The summed E-state index contributed by atoms with van der Waals surface area (Å²) in [6.07, 6.45) is 0. The lowest BCUT2D eigenvalue weighted by molar-refractivity contribution is 0.0971. The van der Waals surface area contributed by atoms with Crippen LogP contribution in [-0.4, -0.2) is 17.5 Å². The van der Waals surface area contributed by atoms with Gasteiger partial charge in [-0.1, -0.05) is 83.9 Å². The molecule has 1 atom stereocenters. The van der Waals surface area contributed by atoms with E-state index < -0.39 is 11.4 Å². The standard InChI is InChI=1S/C31H23N3O2/c1-21-12-16-23(17-13-21)29(35)33-28-26-10-6-7-11-27(26)34(30(36)24-18-14-22(2)15-19-24)31(28,20-32)25-8-4-3-5-9-25/h3-19H,1-2H3. The smallest absolute Gasteiger partial charge is 0.277 e. The second-order valence-electron chi connectivity index (χ2n) is 8.84. The molecule has 174 valence electrons. The van der Waals surface area contributed by atoms with Gasteiger partial charge in [-0.3, -0.25) is 14.5 Å². The van der Waals surface area contributed by atoms with Crippen molar-refractivity contribution in [3.63, 3.8) is 0 Å². The molecule has 1 unspecified atom stereocenters. The molecule has 0 spiro atoms. The van der Waals surface area contributed by atoms with E-state index in [-0.39, 0.29) is 11.6 Å². The van der Waals surface area contributed by atoms with Crippen molar-refractivity contribution in [1.82, 2.24) is 0 Å². The highest BCUT2D eigenvalue weighted by Crippen LogP contribution is 2.46. The zero-order valence-electron chi connectivity index (χ0n) is 20.0. The maximum atomic E-state index is 14.0. The molecule has 5 heteroatoms. The second kappa shape index (κ2) is 9.09. The van der Waals surface area contributed by atoms with Crippen molar-refractivity contribution >= 4 is 23.2 Å². The van der Waals surface area contributed by atoms with Gasteiger partial charge in [0, 0.05) is 16.7 Å². The fourth-order valence-electron chi connectivity index (χ4n) is 4.55. The Balaban J connectivity index is 1.77. The minimum absolute atomic E-state index is 0.234. The predicted octanol–water partition coefficient (Wildman–Crippen LogP) is 6.01. The van der Waals surface area contributed by atoms with Crippen LogP contribution >= 0.6 is 0 Å². The second-order valence-corrected chi connectivity index (χ2v) is 8.84. The van der Waals surface area contributed by atoms with Crippen molar-refractivity contribution in [2.24, 2.45) is 4.99 Å². The third-order valence-corrected chi connectivity index (χ3v) is 6.45. The Kier molecular flexibility index (Phi) is 5.79. The summed E-state index contributed by atoms with van der Waals surface area (Å²) in [7, 11) is 0. The average molecular weight is 470 g/mol. The first kappa shape index (κ1) is 22.9. The Morgan fingerprint density at radius 1 is 0.750 bits per heavy atom. The number of carbonyl (C=O) groups is 2.